The van der Waals surface area contributed by atoms with Crippen molar-refractivity contribution in [3.63, 3.8) is 0 Å². The first-order chi connectivity index (χ1) is 16.2. The van der Waals surface area contributed by atoms with Crippen molar-refractivity contribution in [3.8, 4) is 11.5 Å². The van der Waals surface area contributed by atoms with Crippen LogP contribution in [0.3, 0.4) is 0 Å². The van der Waals surface area contributed by atoms with Gasteiger partial charge in [0.05, 0.1) is 11.6 Å². The molecule has 0 aromatic heterocycles. The molecule has 0 aliphatic carbocycles. The number of halogens is 2. The van der Waals surface area contributed by atoms with Crippen LogP contribution < -0.4 is 9.47 Å². The van der Waals surface area contributed by atoms with E-state index >= 15 is 0 Å². The molecule has 0 heterocycles. The molecule has 1 N–H and O–H groups in total. The van der Waals surface area contributed by atoms with Gasteiger partial charge in [0.25, 0.3) is 0 Å². The van der Waals surface area contributed by atoms with Gasteiger partial charge in [-0.1, -0.05) is 49.2 Å². The lowest BCUT2D eigenvalue weighted by Gasteiger charge is -2.23. The van der Waals surface area contributed by atoms with E-state index in [-0.39, 0.29) is 23.8 Å². The van der Waals surface area contributed by atoms with Crippen molar-refractivity contribution in [2.24, 2.45) is 5.92 Å². The quantitative estimate of drug-likeness (QED) is 0.357. The molecule has 1 atom stereocenters. The number of hydrogen-bond donors (Lipinski definition) is 1. The average Bonchev–Trinajstić information content (AvgIpc) is 2.78. The fourth-order valence-corrected chi connectivity index (χ4v) is 3.50. The Balaban J connectivity index is 1.94. The van der Waals surface area contributed by atoms with Gasteiger partial charge in [0.1, 0.15) is 12.4 Å². The van der Waals surface area contributed by atoms with E-state index in [2.05, 4.69) is 13.8 Å². The second-order valence-corrected chi connectivity index (χ2v) is 8.93. The van der Waals surface area contributed by atoms with Crippen LogP contribution in [0.4, 0.5) is 4.79 Å². The number of ether oxygens (including phenoxy) is 3. The van der Waals surface area contributed by atoms with E-state index < -0.39 is 18.2 Å². The summed E-state index contributed by atoms with van der Waals surface area (Å²) in [6, 6.07) is 11.8. The summed E-state index contributed by atoms with van der Waals surface area (Å²) in [6.07, 6.45) is -0.320. The summed E-state index contributed by atoms with van der Waals surface area (Å²) in [6.45, 7) is 7.35. The Morgan fingerprint density at radius 2 is 1.76 bits per heavy atom. The Labute approximate surface area is 210 Å². The van der Waals surface area contributed by atoms with Gasteiger partial charge in [-0.05, 0) is 55.2 Å². The highest BCUT2D eigenvalue weighted by Gasteiger charge is 2.19. The summed E-state index contributed by atoms with van der Waals surface area (Å²) in [4.78, 5) is 25.6. The fraction of sp³-hybridized carbons (Fsp3) is 0.440. The zero-order valence-electron chi connectivity index (χ0n) is 19.6. The van der Waals surface area contributed by atoms with Crippen molar-refractivity contribution >= 4 is 35.3 Å². The first-order valence-corrected chi connectivity index (χ1v) is 11.9. The minimum Gasteiger partial charge on any atom is -0.492 e. The molecule has 1 unspecified atom stereocenters. The molecular weight excluding hydrogens is 481 g/mol. The highest BCUT2D eigenvalue weighted by molar-refractivity contribution is 6.35. The molecule has 0 saturated carbocycles. The summed E-state index contributed by atoms with van der Waals surface area (Å²) in [5, 5.41) is 9.94. The number of hydrogen-bond acceptors (Lipinski definition) is 5. The SMILES string of the molecule is CCOC(Cc1ccc(OCCN(CCC(C)C)C(=O)Oc2ccc(Cl)cc2Cl)cc1)C(=O)O. The smallest absolute Gasteiger partial charge is 0.415 e. The average molecular weight is 512 g/mol. The number of amides is 1. The van der Waals surface area contributed by atoms with Gasteiger partial charge in [0.2, 0.25) is 0 Å². The summed E-state index contributed by atoms with van der Waals surface area (Å²) >= 11 is 12.0. The van der Waals surface area contributed by atoms with Gasteiger partial charge in [0, 0.05) is 24.6 Å². The van der Waals surface area contributed by atoms with Crippen LogP contribution >= 0.6 is 23.2 Å². The number of benzene rings is 2. The van der Waals surface area contributed by atoms with E-state index in [1.165, 1.54) is 6.07 Å². The van der Waals surface area contributed by atoms with Gasteiger partial charge in [-0.25, -0.2) is 9.59 Å². The van der Waals surface area contributed by atoms with Gasteiger partial charge in [0.15, 0.2) is 11.9 Å². The second-order valence-electron chi connectivity index (χ2n) is 8.09. The maximum atomic E-state index is 12.8. The summed E-state index contributed by atoms with van der Waals surface area (Å²) < 4.78 is 16.5. The molecule has 2 aromatic carbocycles. The van der Waals surface area contributed by atoms with E-state index in [1.54, 1.807) is 48.2 Å². The first-order valence-electron chi connectivity index (χ1n) is 11.2. The van der Waals surface area contributed by atoms with Crippen molar-refractivity contribution in [2.75, 3.05) is 26.3 Å². The molecule has 2 aromatic rings. The van der Waals surface area contributed by atoms with Crippen LogP contribution in [0.2, 0.25) is 10.0 Å². The predicted octanol–water partition coefficient (Wildman–Crippen LogP) is 5.95. The van der Waals surface area contributed by atoms with Crippen molar-refractivity contribution < 1.29 is 28.9 Å². The molecule has 0 fully saturated rings. The molecule has 34 heavy (non-hydrogen) atoms. The molecule has 0 aliphatic rings. The van der Waals surface area contributed by atoms with Crippen LogP contribution in [-0.4, -0.2) is 54.5 Å². The zero-order valence-corrected chi connectivity index (χ0v) is 21.1. The Bertz CT molecular complexity index is 936. The Kier molecular flexibility index (Phi) is 11.5. The Morgan fingerprint density at radius 3 is 2.35 bits per heavy atom. The molecule has 0 aliphatic heterocycles. The predicted molar refractivity (Wildman–Crippen MR) is 132 cm³/mol. The van der Waals surface area contributed by atoms with Crippen molar-refractivity contribution in [3.05, 3.63) is 58.1 Å². The molecular formula is C25H31Cl2NO6. The molecule has 7 nitrogen and oxygen atoms in total. The van der Waals surface area contributed by atoms with Crippen molar-refractivity contribution in [1.29, 1.82) is 0 Å². The Hall–Kier alpha value is -2.48. The number of carboxylic acid groups (broad SMARTS) is 1. The third-order valence-corrected chi connectivity index (χ3v) is 5.47. The topological polar surface area (TPSA) is 85.3 Å². The van der Waals surface area contributed by atoms with Crippen LogP contribution in [-0.2, 0) is 16.0 Å². The van der Waals surface area contributed by atoms with Gasteiger partial charge >= 0.3 is 12.1 Å². The van der Waals surface area contributed by atoms with Crippen LogP contribution in [0.5, 0.6) is 11.5 Å². The van der Waals surface area contributed by atoms with Crippen molar-refractivity contribution in [1.82, 2.24) is 4.90 Å². The van der Waals surface area contributed by atoms with Gasteiger partial charge < -0.3 is 24.2 Å². The van der Waals surface area contributed by atoms with E-state index in [0.717, 1.165) is 12.0 Å². The molecule has 0 radical (unpaired) electrons. The van der Waals surface area contributed by atoms with Gasteiger partial charge in [-0.2, -0.15) is 0 Å². The number of carbonyl (C=O) groups excluding carboxylic acids is 1. The number of rotatable bonds is 13. The van der Waals surface area contributed by atoms with Crippen molar-refractivity contribution in [2.45, 2.75) is 39.7 Å². The normalized spacial score (nSPS) is 11.8. The molecule has 9 heteroatoms. The minimum absolute atomic E-state index is 0.244. The largest absolute Gasteiger partial charge is 0.492 e. The van der Waals surface area contributed by atoms with E-state index in [9.17, 15) is 14.7 Å². The Morgan fingerprint density at radius 1 is 1.06 bits per heavy atom. The monoisotopic (exact) mass is 511 g/mol. The van der Waals surface area contributed by atoms with Gasteiger partial charge in [-0.3, -0.25) is 0 Å². The number of carbonyl (C=O) groups is 2. The molecule has 0 spiro atoms. The molecule has 0 saturated heterocycles. The first kappa shape index (κ1) is 27.8. The van der Waals surface area contributed by atoms with Gasteiger partial charge in [-0.15, -0.1) is 0 Å². The fourth-order valence-electron chi connectivity index (χ4n) is 3.05. The number of nitrogens with zero attached hydrogens (tertiary/aromatic N) is 1. The third kappa shape index (κ3) is 9.41. The molecule has 1 amide bonds. The van der Waals surface area contributed by atoms with E-state index in [4.69, 9.17) is 37.4 Å². The summed E-state index contributed by atoms with van der Waals surface area (Å²) in [7, 11) is 0. The summed E-state index contributed by atoms with van der Waals surface area (Å²) in [5.74, 6) is 0.281. The highest BCUT2D eigenvalue weighted by atomic mass is 35.5. The molecule has 0 bridgehead atoms. The van der Waals surface area contributed by atoms with E-state index in [1.807, 2.05) is 0 Å². The lowest BCUT2D eigenvalue weighted by atomic mass is 10.1. The van der Waals surface area contributed by atoms with E-state index in [0.29, 0.717) is 36.4 Å². The molecule has 2 rings (SSSR count). The summed E-state index contributed by atoms with van der Waals surface area (Å²) in [5.41, 5.74) is 0.829. The maximum absolute atomic E-state index is 12.8. The third-order valence-electron chi connectivity index (χ3n) is 4.94. The molecule has 186 valence electrons. The number of aliphatic carboxylic acids is 1. The highest BCUT2D eigenvalue weighted by Crippen LogP contribution is 2.28. The maximum Gasteiger partial charge on any atom is 0.415 e. The number of carboxylic acids is 1. The second kappa shape index (κ2) is 14.0. The van der Waals surface area contributed by atoms with Crippen LogP contribution in [0.15, 0.2) is 42.5 Å². The van der Waals surface area contributed by atoms with Crippen LogP contribution in [0, 0.1) is 5.92 Å². The lowest BCUT2D eigenvalue weighted by molar-refractivity contribution is -0.149. The van der Waals surface area contributed by atoms with Crippen LogP contribution in [0.1, 0.15) is 32.8 Å². The minimum atomic E-state index is -0.990. The lowest BCUT2D eigenvalue weighted by Crippen LogP contribution is -2.38. The zero-order chi connectivity index (χ0) is 25.1. The van der Waals surface area contributed by atoms with Crippen LogP contribution in [0.25, 0.3) is 0 Å². The standard InChI is InChI=1S/C25H31Cl2NO6/c1-4-32-23(24(29)30)15-18-5-8-20(9-6-18)33-14-13-28(12-11-17(2)3)25(31)34-22-10-7-19(26)16-21(22)27/h5-10,16-17,23H,4,11-15H2,1-3H3,(H,29,30).